The van der Waals surface area contributed by atoms with Crippen molar-refractivity contribution in [2.45, 2.75) is 51.6 Å². The van der Waals surface area contributed by atoms with E-state index in [0.717, 1.165) is 12.8 Å². The Morgan fingerprint density at radius 1 is 1.39 bits per heavy atom. The maximum Gasteiger partial charge on any atom is 0.226 e. The van der Waals surface area contributed by atoms with E-state index in [4.69, 9.17) is 4.52 Å². The lowest BCUT2D eigenvalue weighted by molar-refractivity contribution is -0.132. The Hall–Kier alpha value is -2.24. The quantitative estimate of drug-likeness (QED) is 0.787. The summed E-state index contributed by atoms with van der Waals surface area (Å²) < 4.78 is 18.8. The average molecular weight is 317 g/mol. The van der Waals surface area contributed by atoms with Gasteiger partial charge in [-0.15, -0.1) is 0 Å². The number of hydrogen-bond acceptors (Lipinski definition) is 4. The Balaban J connectivity index is 1.55. The van der Waals surface area contributed by atoms with E-state index in [2.05, 4.69) is 10.1 Å². The lowest BCUT2D eigenvalue weighted by Gasteiger charge is -2.22. The number of carbonyl (C=O) groups is 1. The van der Waals surface area contributed by atoms with Gasteiger partial charge in [-0.1, -0.05) is 23.4 Å². The van der Waals surface area contributed by atoms with Gasteiger partial charge in [0.1, 0.15) is 5.82 Å². The summed E-state index contributed by atoms with van der Waals surface area (Å²) in [5, 5.41) is 3.73. The van der Waals surface area contributed by atoms with Crippen molar-refractivity contribution in [1.29, 1.82) is 0 Å². The summed E-state index contributed by atoms with van der Waals surface area (Å²) in [6.07, 6.45) is 3.66. The molecule has 1 aromatic heterocycles. The second-order valence-electron chi connectivity index (χ2n) is 5.93. The van der Waals surface area contributed by atoms with Crippen molar-refractivity contribution in [3.63, 3.8) is 0 Å². The summed E-state index contributed by atoms with van der Waals surface area (Å²) in [5.41, 5.74) is 0.570. The van der Waals surface area contributed by atoms with Crippen LogP contribution in [0, 0.1) is 12.7 Å². The van der Waals surface area contributed by atoms with Crippen LogP contribution in [-0.4, -0.2) is 27.0 Å². The van der Waals surface area contributed by atoms with Crippen LogP contribution in [0.3, 0.4) is 0 Å². The third-order valence-electron chi connectivity index (χ3n) is 3.96. The van der Waals surface area contributed by atoms with Gasteiger partial charge < -0.3 is 9.42 Å². The zero-order valence-corrected chi connectivity index (χ0v) is 13.2. The summed E-state index contributed by atoms with van der Waals surface area (Å²) in [6.45, 7) is 2.11. The van der Waals surface area contributed by atoms with E-state index in [1.165, 1.54) is 6.07 Å². The minimum atomic E-state index is -0.257. The highest BCUT2D eigenvalue weighted by Gasteiger charge is 2.32. The highest BCUT2D eigenvalue weighted by molar-refractivity contribution is 5.76. The van der Waals surface area contributed by atoms with Crippen LogP contribution in [-0.2, 0) is 17.8 Å². The van der Waals surface area contributed by atoms with Gasteiger partial charge in [-0.2, -0.15) is 4.98 Å². The first kappa shape index (κ1) is 15.6. The monoisotopic (exact) mass is 317 g/mol. The molecule has 0 aliphatic heterocycles. The van der Waals surface area contributed by atoms with Gasteiger partial charge in [0.25, 0.3) is 0 Å². The molecule has 0 spiro atoms. The van der Waals surface area contributed by atoms with E-state index in [1.54, 1.807) is 30.0 Å². The fourth-order valence-corrected chi connectivity index (χ4v) is 2.59. The van der Waals surface area contributed by atoms with Crippen LogP contribution in [0.2, 0.25) is 0 Å². The number of nitrogens with zero attached hydrogens (tertiary/aromatic N) is 3. The molecule has 0 saturated heterocycles. The van der Waals surface area contributed by atoms with Crippen LogP contribution in [0.4, 0.5) is 4.39 Å². The molecule has 1 amide bonds. The van der Waals surface area contributed by atoms with Gasteiger partial charge in [0.05, 0.1) is 0 Å². The van der Waals surface area contributed by atoms with Crippen molar-refractivity contribution in [3.8, 4) is 0 Å². The van der Waals surface area contributed by atoms with Crippen LogP contribution >= 0.6 is 0 Å². The standard InChI is InChI=1S/C17H20FN3O2/c1-12-19-16(23-20-12)7-4-8-17(22)21(14-9-10-14)11-13-5-2-3-6-15(13)18/h2-3,5-6,14H,4,7-11H2,1H3. The van der Waals surface area contributed by atoms with Crippen molar-refractivity contribution in [1.82, 2.24) is 15.0 Å². The lowest BCUT2D eigenvalue weighted by Crippen LogP contribution is -2.32. The molecule has 0 unspecified atom stereocenters. The van der Waals surface area contributed by atoms with Gasteiger partial charge in [-0.3, -0.25) is 4.79 Å². The Kier molecular flexibility index (Phi) is 4.69. The summed E-state index contributed by atoms with van der Waals surface area (Å²) >= 11 is 0. The molecule has 1 saturated carbocycles. The van der Waals surface area contributed by atoms with Crippen LogP contribution in [0.5, 0.6) is 0 Å². The molecule has 5 nitrogen and oxygen atoms in total. The van der Waals surface area contributed by atoms with Crippen molar-refractivity contribution < 1.29 is 13.7 Å². The van der Waals surface area contributed by atoms with Gasteiger partial charge in [-0.25, -0.2) is 4.39 Å². The SMILES string of the molecule is Cc1noc(CCCC(=O)N(Cc2ccccc2F)C2CC2)n1. The highest BCUT2D eigenvalue weighted by atomic mass is 19.1. The van der Waals surface area contributed by atoms with Gasteiger partial charge in [0.2, 0.25) is 11.8 Å². The first-order chi connectivity index (χ1) is 11.1. The summed E-state index contributed by atoms with van der Waals surface area (Å²) in [7, 11) is 0. The number of aromatic nitrogens is 2. The molecule has 1 aliphatic carbocycles. The molecule has 0 atom stereocenters. The molecule has 1 aliphatic rings. The van der Waals surface area contributed by atoms with Gasteiger partial charge >= 0.3 is 0 Å². The Morgan fingerprint density at radius 3 is 2.83 bits per heavy atom. The van der Waals surface area contributed by atoms with Crippen LogP contribution in [0.15, 0.2) is 28.8 Å². The number of halogens is 1. The predicted molar refractivity (Wildman–Crippen MR) is 81.9 cm³/mol. The van der Waals surface area contributed by atoms with Crippen molar-refractivity contribution in [2.75, 3.05) is 0 Å². The molecule has 122 valence electrons. The first-order valence-electron chi connectivity index (χ1n) is 7.95. The predicted octanol–water partition coefficient (Wildman–Crippen LogP) is 3.03. The van der Waals surface area contributed by atoms with E-state index in [1.807, 2.05) is 0 Å². The van der Waals surface area contributed by atoms with E-state index in [9.17, 15) is 9.18 Å². The summed E-state index contributed by atoms with van der Waals surface area (Å²) in [6, 6.07) is 6.88. The van der Waals surface area contributed by atoms with E-state index >= 15 is 0 Å². The first-order valence-corrected chi connectivity index (χ1v) is 7.95. The van der Waals surface area contributed by atoms with Crippen LogP contribution < -0.4 is 0 Å². The molecule has 1 heterocycles. The minimum Gasteiger partial charge on any atom is -0.339 e. The van der Waals surface area contributed by atoms with Gasteiger partial charge in [0, 0.05) is 31.0 Å². The zero-order valence-electron chi connectivity index (χ0n) is 13.2. The summed E-state index contributed by atoms with van der Waals surface area (Å²) in [5.74, 6) is 0.965. The molecule has 3 rings (SSSR count). The number of rotatable bonds is 7. The normalized spacial score (nSPS) is 14.0. The van der Waals surface area contributed by atoms with Crippen molar-refractivity contribution in [2.24, 2.45) is 0 Å². The molecular formula is C17H20FN3O2. The van der Waals surface area contributed by atoms with Crippen molar-refractivity contribution >= 4 is 5.91 Å². The smallest absolute Gasteiger partial charge is 0.226 e. The molecule has 0 radical (unpaired) electrons. The van der Waals surface area contributed by atoms with E-state index < -0.39 is 0 Å². The number of amides is 1. The molecule has 2 aromatic rings. The van der Waals surface area contributed by atoms with E-state index in [0.29, 0.717) is 43.1 Å². The molecule has 1 aromatic carbocycles. The lowest BCUT2D eigenvalue weighted by atomic mass is 10.1. The topological polar surface area (TPSA) is 59.2 Å². The molecule has 6 heteroatoms. The third-order valence-corrected chi connectivity index (χ3v) is 3.96. The zero-order chi connectivity index (χ0) is 16.2. The van der Waals surface area contributed by atoms with Crippen molar-refractivity contribution in [3.05, 3.63) is 47.4 Å². The Morgan fingerprint density at radius 2 is 2.17 bits per heavy atom. The van der Waals surface area contributed by atoms with E-state index in [-0.39, 0.29) is 17.8 Å². The maximum absolute atomic E-state index is 13.8. The molecule has 23 heavy (non-hydrogen) atoms. The highest BCUT2D eigenvalue weighted by Crippen LogP contribution is 2.29. The number of hydrogen-bond donors (Lipinski definition) is 0. The molecule has 0 N–H and O–H groups in total. The fraction of sp³-hybridized carbons (Fsp3) is 0.471. The van der Waals surface area contributed by atoms with Gasteiger partial charge in [0.15, 0.2) is 5.82 Å². The van der Waals surface area contributed by atoms with Crippen LogP contribution in [0.1, 0.15) is 43.0 Å². The fourth-order valence-electron chi connectivity index (χ4n) is 2.59. The second kappa shape index (κ2) is 6.89. The molecular weight excluding hydrogens is 297 g/mol. The second-order valence-corrected chi connectivity index (χ2v) is 5.93. The number of carbonyl (C=O) groups excluding carboxylic acids is 1. The third kappa shape index (κ3) is 4.15. The number of benzene rings is 1. The minimum absolute atomic E-state index is 0.0620. The van der Waals surface area contributed by atoms with Gasteiger partial charge in [-0.05, 0) is 32.3 Å². The summed E-state index contributed by atoms with van der Waals surface area (Å²) in [4.78, 5) is 18.4. The number of aryl methyl sites for hydroxylation is 2. The van der Waals surface area contributed by atoms with Crippen LogP contribution in [0.25, 0.3) is 0 Å². The average Bonchev–Trinajstić information content (AvgIpc) is 3.29. The molecule has 1 fully saturated rings. The Bertz CT molecular complexity index is 682. The maximum atomic E-state index is 13.8. The largest absolute Gasteiger partial charge is 0.339 e. The molecule has 0 bridgehead atoms. The Labute approximate surface area is 134 Å².